The molecule has 0 saturated carbocycles. The molecule has 0 aromatic carbocycles. The van der Waals surface area contributed by atoms with Gasteiger partial charge in [-0.1, -0.05) is 11.6 Å². The average molecular weight is 461 g/mol. The van der Waals surface area contributed by atoms with Gasteiger partial charge in [-0.25, -0.2) is 14.5 Å². The number of halogens is 4. The molecule has 1 unspecified atom stereocenters. The highest BCUT2D eigenvalue weighted by Crippen LogP contribution is 2.44. The van der Waals surface area contributed by atoms with E-state index >= 15 is 0 Å². The zero-order chi connectivity index (χ0) is 22.6. The molecule has 0 bridgehead atoms. The van der Waals surface area contributed by atoms with Crippen molar-refractivity contribution >= 4 is 35.2 Å². The van der Waals surface area contributed by atoms with Gasteiger partial charge in [0.2, 0.25) is 5.91 Å². The van der Waals surface area contributed by atoms with Crippen LogP contribution in [0.4, 0.5) is 29.6 Å². The molecular weight excluding hydrogens is 441 g/mol. The van der Waals surface area contributed by atoms with E-state index in [2.05, 4.69) is 26.0 Å². The van der Waals surface area contributed by atoms with E-state index < -0.39 is 30.5 Å². The van der Waals surface area contributed by atoms with Crippen LogP contribution in [0.1, 0.15) is 30.5 Å². The number of alkyl halides is 3. The Morgan fingerprint density at radius 3 is 2.90 bits per heavy atom. The minimum absolute atomic E-state index is 0.109. The van der Waals surface area contributed by atoms with E-state index in [0.717, 1.165) is 0 Å². The Morgan fingerprint density at radius 2 is 2.23 bits per heavy atom. The molecule has 0 radical (unpaired) electrons. The second-order valence-corrected chi connectivity index (χ2v) is 7.03. The fourth-order valence-electron chi connectivity index (χ4n) is 3.20. The van der Waals surface area contributed by atoms with E-state index in [-0.39, 0.29) is 47.6 Å². The summed E-state index contributed by atoms with van der Waals surface area (Å²) in [6.45, 7) is 2.06. The number of nitrogens with zero attached hydrogens (tertiary/aromatic N) is 3. The number of fused-ring (bicyclic) bond motifs is 1. The van der Waals surface area contributed by atoms with Crippen molar-refractivity contribution in [3.63, 3.8) is 0 Å². The number of anilines is 2. The molecule has 13 heteroatoms. The lowest BCUT2D eigenvalue weighted by Crippen LogP contribution is -2.33. The Hall–Kier alpha value is -2.86. The van der Waals surface area contributed by atoms with E-state index in [9.17, 15) is 22.8 Å². The topological polar surface area (TPSA) is 110 Å². The fourth-order valence-corrected chi connectivity index (χ4v) is 3.37. The first-order valence-corrected chi connectivity index (χ1v) is 9.77. The first-order valence-electron chi connectivity index (χ1n) is 9.40. The van der Waals surface area contributed by atoms with Gasteiger partial charge >= 0.3 is 12.2 Å². The zero-order valence-electron chi connectivity index (χ0n) is 16.4. The van der Waals surface area contributed by atoms with Crippen molar-refractivity contribution in [3.05, 3.63) is 34.6 Å². The molecule has 1 aliphatic heterocycles. The molecule has 0 saturated heterocycles. The lowest BCUT2D eigenvalue weighted by atomic mass is 9.90. The van der Waals surface area contributed by atoms with Crippen LogP contribution in [0.25, 0.3) is 0 Å². The number of carbonyl (C=O) groups is 2. The van der Waals surface area contributed by atoms with Gasteiger partial charge in [0, 0.05) is 36.9 Å². The summed E-state index contributed by atoms with van der Waals surface area (Å²) in [5.41, 5.74) is 0.115. The number of nitrogens with one attached hydrogen (secondary N) is 3. The summed E-state index contributed by atoms with van der Waals surface area (Å²) in [4.78, 5) is 27.9. The number of hydrogen-bond acceptors (Lipinski definition) is 5. The summed E-state index contributed by atoms with van der Waals surface area (Å²) in [5, 5.41) is 11.6. The van der Waals surface area contributed by atoms with Crippen LogP contribution in [0.2, 0.25) is 5.02 Å². The molecular formula is C18H20ClF3N6O3. The van der Waals surface area contributed by atoms with Gasteiger partial charge in [0.05, 0.1) is 17.5 Å². The number of amides is 3. The number of carbonyl (C=O) groups excluding carboxylic acids is 2. The third-order valence-electron chi connectivity index (χ3n) is 4.56. The normalized spacial score (nSPS) is 15.9. The van der Waals surface area contributed by atoms with E-state index in [1.165, 1.54) is 16.9 Å². The maximum atomic E-state index is 13.6. The molecule has 2 aromatic rings. The average Bonchev–Trinajstić information content (AvgIpc) is 3.04. The third-order valence-corrected chi connectivity index (χ3v) is 4.86. The largest absolute Gasteiger partial charge is 0.396 e. The van der Waals surface area contributed by atoms with Crippen LogP contribution in [0, 0.1) is 0 Å². The monoisotopic (exact) mass is 460 g/mol. The minimum atomic E-state index is -4.62. The van der Waals surface area contributed by atoms with E-state index in [0.29, 0.717) is 6.61 Å². The molecule has 31 heavy (non-hydrogen) atoms. The highest BCUT2D eigenvalue weighted by molar-refractivity contribution is 6.33. The maximum absolute atomic E-state index is 13.6. The molecule has 3 heterocycles. The molecule has 1 atom stereocenters. The lowest BCUT2D eigenvalue weighted by molar-refractivity contribution is -0.156. The molecule has 1 aliphatic rings. The summed E-state index contributed by atoms with van der Waals surface area (Å²) >= 11 is 5.94. The van der Waals surface area contributed by atoms with Crippen molar-refractivity contribution < 1.29 is 27.5 Å². The molecule has 0 fully saturated rings. The van der Waals surface area contributed by atoms with Crippen LogP contribution in [0.15, 0.2) is 18.3 Å². The summed E-state index contributed by atoms with van der Waals surface area (Å²) in [6, 6.07) is 2.45. The van der Waals surface area contributed by atoms with Crippen LogP contribution < -0.4 is 16.0 Å². The second kappa shape index (κ2) is 9.52. The van der Waals surface area contributed by atoms with Gasteiger partial charge in [0.1, 0.15) is 6.67 Å². The summed E-state index contributed by atoms with van der Waals surface area (Å²) in [6.07, 6.45) is -3.79. The molecule has 3 N–H and O–H groups in total. The molecule has 9 nitrogen and oxygen atoms in total. The number of ether oxygens (including phenoxy) is 1. The molecule has 2 aromatic heterocycles. The van der Waals surface area contributed by atoms with Gasteiger partial charge in [0.15, 0.2) is 11.6 Å². The third kappa shape index (κ3) is 5.44. The van der Waals surface area contributed by atoms with Crippen molar-refractivity contribution in [1.82, 2.24) is 20.1 Å². The maximum Gasteiger partial charge on any atom is 0.396 e. The van der Waals surface area contributed by atoms with E-state index in [1.54, 1.807) is 13.0 Å². The van der Waals surface area contributed by atoms with Crippen LogP contribution in [-0.4, -0.2) is 46.1 Å². The number of hydrogen-bond donors (Lipinski definition) is 3. The van der Waals surface area contributed by atoms with E-state index in [1.807, 2.05) is 0 Å². The van der Waals surface area contributed by atoms with Crippen molar-refractivity contribution in [2.75, 3.05) is 23.8 Å². The Balaban J connectivity index is 1.83. The van der Waals surface area contributed by atoms with Crippen LogP contribution in [-0.2, 0) is 22.6 Å². The quantitative estimate of drug-likeness (QED) is 0.549. The highest BCUT2D eigenvalue weighted by atomic mass is 35.5. The summed E-state index contributed by atoms with van der Waals surface area (Å²) in [7, 11) is 0. The van der Waals surface area contributed by atoms with Gasteiger partial charge in [-0.05, 0) is 19.1 Å². The van der Waals surface area contributed by atoms with E-state index in [4.69, 9.17) is 16.3 Å². The smallest absolute Gasteiger partial charge is 0.381 e. The van der Waals surface area contributed by atoms with Gasteiger partial charge in [0.25, 0.3) is 0 Å². The zero-order valence-corrected chi connectivity index (χ0v) is 17.2. The highest BCUT2D eigenvalue weighted by Gasteiger charge is 2.48. The van der Waals surface area contributed by atoms with Gasteiger partial charge < -0.3 is 15.4 Å². The predicted octanol–water partition coefficient (Wildman–Crippen LogP) is 3.28. The summed E-state index contributed by atoms with van der Waals surface area (Å²) in [5.74, 6) is -2.79. The first-order chi connectivity index (χ1) is 14.7. The molecule has 0 spiro atoms. The Bertz CT molecular complexity index is 966. The molecule has 3 amide bonds. The standard InChI is InChI=1S/C18H20ClF3N6O3/c1-2-31-7-5-12-14-10(18(20,21)22)8-13(29)25-16(14)27-28(12)9-24-17(30)26-15-11(19)4-3-6-23-15/h3-4,6,10H,2,5,7-9H2,1H3,(H,25,27,29)(H2,23,24,26,30). The molecule has 168 valence electrons. The van der Waals surface area contributed by atoms with Crippen LogP contribution in [0.5, 0.6) is 0 Å². The number of rotatable bonds is 7. The molecule has 0 aliphatic carbocycles. The van der Waals surface area contributed by atoms with Crippen molar-refractivity contribution in [2.24, 2.45) is 0 Å². The number of aromatic nitrogens is 3. The Labute approximate surface area is 180 Å². The van der Waals surface area contributed by atoms with Crippen LogP contribution in [0.3, 0.4) is 0 Å². The van der Waals surface area contributed by atoms with Crippen molar-refractivity contribution in [1.29, 1.82) is 0 Å². The first kappa shape index (κ1) is 22.8. The number of urea groups is 1. The fraction of sp³-hybridized carbons (Fsp3) is 0.444. The Morgan fingerprint density at radius 1 is 1.45 bits per heavy atom. The second-order valence-electron chi connectivity index (χ2n) is 6.62. The predicted molar refractivity (Wildman–Crippen MR) is 106 cm³/mol. The van der Waals surface area contributed by atoms with Crippen molar-refractivity contribution in [2.45, 2.75) is 38.5 Å². The SMILES string of the molecule is CCOCCc1c2c(nn1CNC(=O)Nc1ncccc1Cl)NC(=O)CC2C(F)(F)F. The number of pyridine rings is 1. The minimum Gasteiger partial charge on any atom is -0.381 e. The van der Waals surface area contributed by atoms with Crippen LogP contribution >= 0.6 is 11.6 Å². The van der Waals surface area contributed by atoms with Crippen molar-refractivity contribution in [3.8, 4) is 0 Å². The molecule has 3 rings (SSSR count). The van der Waals surface area contributed by atoms with Gasteiger partial charge in [-0.2, -0.15) is 18.3 Å². The lowest BCUT2D eigenvalue weighted by Gasteiger charge is -2.25. The Kier molecular flexibility index (Phi) is 7.01. The van der Waals surface area contributed by atoms with Gasteiger partial charge in [-0.15, -0.1) is 0 Å². The van der Waals surface area contributed by atoms with Gasteiger partial charge in [-0.3, -0.25) is 10.1 Å². The summed E-state index contributed by atoms with van der Waals surface area (Å²) < 4.78 is 47.3.